The number of hydrogen-bond acceptors (Lipinski definition) is 3. The molecule has 1 heterocycles. The van der Waals surface area contributed by atoms with Crippen LogP contribution in [0.3, 0.4) is 0 Å². The lowest BCUT2D eigenvalue weighted by atomic mass is 9.89. The molecule has 1 aliphatic heterocycles. The van der Waals surface area contributed by atoms with Crippen LogP contribution in [-0.4, -0.2) is 31.1 Å². The summed E-state index contributed by atoms with van der Waals surface area (Å²) in [6, 6.07) is 1.32. The molecule has 1 saturated heterocycles. The van der Waals surface area contributed by atoms with Crippen molar-refractivity contribution in [2.24, 2.45) is 0 Å². The van der Waals surface area contributed by atoms with E-state index in [4.69, 9.17) is 9.47 Å². The summed E-state index contributed by atoms with van der Waals surface area (Å²) in [6.07, 6.45) is 8.42. The van der Waals surface area contributed by atoms with E-state index >= 15 is 0 Å². The van der Waals surface area contributed by atoms with E-state index in [1.54, 1.807) is 0 Å². The third kappa shape index (κ3) is 3.67. The van der Waals surface area contributed by atoms with Crippen LogP contribution in [0.1, 0.15) is 58.8 Å². The van der Waals surface area contributed by atoms with E-state index in [9.17, 15) is 0 Å². The van der Waals surface area contributed by atoms with Gasteiger partial charge in [-0.05, 0) is 26.2 Å². The van der Waals surface area contributed by atoms with Crippen LogP contribution in [0.5, 0.6) is 0 Å². The normalized spacial score (nSPS) is 26.5. The van der Waals surface area contributed by atoms with Crippen molar-refractivity contribution < 1.29 is 9.47 Å². The minimum atomic E-state index is -0.204. The summed E-state index contributed by atoms with van der Waals surface area (Å²) < 4.78 is 11.5. The Morgan fingerprint density at radius 1 is 1.24 bits per heavy atom. The molecule has 0 bridgehead atoms. The first-order valence-corrected chi connectivity index (χ1v) is 7.28. The molecule has 0 radical (unpaired) electrons. The lowest BCUT2D eigenvalue weighted by molar-refractivity contribution is -0.179. The molecule has 0 aromatic heterocycles. The van der Waals surface area contributed by atoms with E-state index < -0.39 is 0 Å². The highest BCUT2D eigenvalue weighted by molar-refractivity contribution is 4.86. The summed E-state index contributed by atoms with van der Waals surface area (Å²) in [5, 5.41) is 3.75. The molecule has 17 heavy (non-hydrogen) atoms. The Morgan fingerprint density at radius 3 is 2.47 bits per heavy atom. The number of hydrogen-bond donors (Lipinski definition) is 1. The van der Waals surface area contributed by atoms with Gasteiger partial charge in [-0.3, -0.25) is 0 Å². The molecule has 1 unspecified atom stereocenters. The molecule has 1 aliphatic carbocycles. The van der Waals surface area contributed by atoms with Gasteiger partial charge in [-0.2, -0.15) is 0 Å². The fraction of sp³-hybridized carbons (Fsp3) is 1.00. The van der Waals surface area contributed by atoms with Crippen molar-refractivity contribution in [1.29, 1.82) is 0 Å². The lowest BCUT2D eigenvalue weighted by Crippen LogP contribution is -2.44. The smallest absolute Gasteiger partial charge is 0.168 e. The Labute approximate surface area is 105 Å². The maximum atomic E-state index is 5.75. The van der Waals surface area contributed by atoms with Crippen molar-refractivity contribution in [2.45, 2.75) is 76.7 Å². The predicted octanol–water partition coefficient (Wildman–Crippen LogP) is 2.84. The number of ether oxygens (including phenoxy) is 2. The van der Waals surface area contributed by atoms with Crippen LogP contribution in [0.4, 0.5) is 0 Å². The van der Waals surface area contributed by atoms with Crippen LogP contribution in [0, 0.1) is 0 Å². The number of nitrogens with one attached hydrogen (secondary N) is 1. The summed E-state index contributed by atoms with van der Waals surface area (Å²) in [5.74, 6) is -0.204. The van der Waals surface area contributed by atoms with Gasteiger partial charge in [-0.15, -0.1) is 0 Å². The molecule has 2 aliphatic rings. The molecule has 1 spiro atoms. The highest BCUT2D eigenvalue weighted by Gasteiger charge is 2.40. The zero-order valence-corrected chi connectivity index (χ0v) is 11.3. The van der Waals surface area contributed by atoms with E-state index in [1.807, 2.05) is 0 Å². The molecule has 2 rings (SSSR count). The molecule has 0 amide bonds. The largest absolute Gasteiger partial charge is 0.348 e. The topological polar surface area (TPSA) is 30.5 Å². The van der Waals surface area contributed by atoms with Gasteiger partial charge in [0, 0.05) is 24.9 Å². The van der Waals surface area contributed by atoms with Crippen molar-refractivity contribution in [1.82, 2.24) is 5.32 Å². The van der Waals surface area contributed by atoms with Gasteiger partial charge >= 0.3 is 0 Å². The molecule has 1 N–H and O–H groups in total. The van der Waals surface area contributed by atoms with Crippen molar-refractivity contribution in [3.63, 3.8) is 0 Å². The van der Waals surface area contributed by atoms with Gasteiger partial charge in [-0.25, -0.2) is 0 Å². The highest BCUT2D eigenvalue weighted by Crippen LogP contribution is 2.35. The summed E-state index contributed by atoms with van der Waals surface area (Å²) in [4.78, 5) is 0. The fourth-order valence-electron chi connectivity index (χ4n) is 3.01. The van der Waals surface area contributed by atoms with Gasteiger partial charge in [0.2, 0.25) is 0 Å². The second-order valence-electron chi connectivity index (χ2n) is 5.59. The second-order valence-corrected chi connectivity index (χ2v) is 5.59. The lowest BCUT2D eigenvalue weighted by Gasteiger charge is -2.36. The maximum absolute atomic E-state index is 5.75. The maximum Gasteiger partial charge on any atom is 0.168 e. The Hall–Kier alpha value is -0.120. The van der Waals surface area contributed by atoms with Gasteiger partial charge in [0.15, 0.2) is 5.79 Å². The number of unbranched alkanes of at least 4 members (excludes halogenated alkanes) is 1. The standard InChI is InChI=1S/C14H27NO2/c1-3-4-5-12(2)15-13-6-8-14(9-7-13)16-10-11-17-14/h12-13,15H,3-11H2,1-2H3. The van der Waals surface area contributed by atoms with E-state index in [0.29, 0.717) is 12.1 Å². The molecule has 1 atom stereocenters. The van der Waals surface area contributed by atoms with Crippen molar-refractivity contribution in [3.8, 4) is 0 Å². The van der Waals surface area contributed by atoms with Gasteiger partial charge in [0.1, 0.15) is 0 Å². The first-order valence-electron chi connectivity index (χ1n) is 7.28. The van der Waals surface area contributed by atoms with E-state index in [0.717, 1.165) is 26.1 Å². The summed E-state index contributed by atoms with van der Waals surface area (Å²) in [5.41, 5.74) is 0. The van der Waals surface area contributed by atoms with Crippen LogP contribution >= 0.6 is 0 Å². The third-order valence-corrected chi connectivity index (χ3v) is 4.07. The Kier molecular flexibility index (Phi) is 4.83. The monoisotopic (exact) mass is 241 g/mol. The molecule has 2 fully saturated rings. The molecule has 3 heteroatoms. The average molecular weight is 241 g/mol. The SMILES string of the molecule is CCCCC(C)NC1CCC2(CC1)OCCO2. The fourth-order valence-corrected chi connectivity index (χ4v) is 3.01. The van der Waals surface area contributed by atoms with E-state index in [-0.39, 0.29) is 5.79 Å². The molecule has 0 aromatic rings. The van der Waals surface area contributed by atoms with Crippen molar-refractivity contribution in [3.05, 3.63) is 0 Å². The van der Waals surface area contributed by atoms with Crippen molar-refractivity contribution in [2.75, 3.05) is 13.2 Å². The summed E-state index contributed by atoms with van der Waals surface area (Å²) >= 11 is 0. The van der Waals surface area contributed by atoms with Crippen LogP contribution in [0.25, 0.3) is 0 Å². The molecular weight excluding hydrogens is 214 g/mol. The van der Waals surface area contributed by atoms with Crippen LogP contribution in [-0.2, 0) is 9.47 Å². The van der Waals surface area contributed by atoms with E-state index in [2.05, 4.69) is 19.2 Å². The quantitative estimate of drug-likeness (QED) is 0.803. The molecule has 100 valence electrons. The molecular formula is C14H27NO2. The predicted molar refractivity (Wildman–Crippen MR) is 69.0 cm³/mol. The zero-order chi connectivity index (χ0) is 12.1. The van der Waals surface area contributed by atoms with Gasteiger partial charge < -0.3 is 14.8 Å². The first-order chi connectivity index (χ1) is 8.24. The van der Waals surface area contributed by atoms with Gasteiger partial charge in [0.25, 0.3) is 0 Å². The highest BCUT2D eigenvalue weighted by atomic mass is 16.7. The van der Waals surface area contributed by atoms with Gasteiger partial charge in [0.05, 0.1) is 13.2 Å². The van der Waals surface area contributed by atoms with E-state index in [1.165, 1.54) is 32.1 Å². The first kappa shape index (κ1) is 13.3. The molecule has 0 aromatic carbocycles. The molecule has 1 saturated carbocycles. The summed E-state index contributed by atoms with van der Waals surface area (Å²) in [7, 11) is 0. The van der Waals surface area contributed by atoms with Crippen molar-refractivity contribution >= 4 is 0 Å². The third-order valence-electron chi connectivity index (χ3n) is 4.07. The Bertz CT molecular complexity index is 216. The minimum Gasteiger partial charge on any atom is -0.348 e. The number of rotatable bonds is 5. The van der Waals surface area contributed by atoms with Crippen LogP contribution in [0.15, 0.2) is 0 Å². The Balaban J connectivity index is 1.68. The zero-order valence-electron chi connectivity index (χ0n) is 11.3. The van der Waals surface area contributed by atoms with Crippen LogP contribution in [0.2, 0.25) is 0 Å². The van der Waals surface area contributed by atoms with Gasteiger partial charge in [-0.1, -0.05) is 19.8 Å². The minimum absolute atomic E-state index is 0.204. The summed E-state index contributed by atoms with van der Waals surface area (Å²) in [6.45, 7) is 6.13. The van der Waals surface area contributed by atoms with Crippen LogP contribution < -0.4 is 5.32 Å². The second kappa shape index (κ2) is 6.17. The Morgan fingerprint density at radius 2 is 1.88 bits per heavy atom. The molecule has 3 nitrogen and oxygen atoms in total. The average Bonchev–Trinajstić information content (AvgIpc) is 2.79.